The summed E-state index contributed by atoms with van der Waals surface area (Å²) < 4.78 is 0. The second kappa shape index (κ2) is 6.63. The van der Waals surface area contributed by atoms with Gasteiger partial charge in [-0.25, -0.2) is 0 Å². The van der Waals surface area contributed by atoms with E-state index in [0.29, 0.717) is 6.42 Å². The normalized spacial score (nSPS) is 18.2. The van der Waals surface area contributed by atoms with Crippen molar-refractivity contribution >= 4 is 5.69 Å². The highest BCUT2D eigenvalue weighted by atomic mass is 16.6. The summed E-state index contributed by atoms with van der Waals surface area (Å²) >= 11 is 0. The molecule has 1 saturated heterocycles. The number of nitrogens with zero attached hydrogens (tertiary/aromatic N) is 1. The molecule has 5 nitrogen and oxygen atoms in total. The lowest BCUT2D eigenvalue weighted by molar-refractivity contribution is -0.907. The molecule has 1 aromatic carbocycles. The highest BCUT2D eigenvalue weighted by molar-refractivity contribution is 5.34. The Morgan fingerprint density at radius 1 is 1.32 bits per heavy atom. The van der Waals surface area contributed by atoms with Crippen molar-refractivity contribution in [3.05, 3.63) is 39.9 Å². The summed E-state index contributed by atoms with van der Waals surface area (Å²) in [4.78, 5) is 11.7. The number of hydrogen-bond donors (Lipinski definition) is 2. The van der Waals surface area contributed by atoms with E-state index in [1.807, 2.05) is 6.07 Å². The van der Waals surface area contributed by atoms with Crippen LogP contribution in [0.1, 0.15) is 24.8 Å². The zero-order chi connectivity index (χ0) is 13.7. The minimum absolute atomic E-state index is 0.0926. The Kier molecular flexibility index (Phi) is 4.87. The van der Waals surface area contributed by atoms with Gasteiger partial charge in [-0.2, -0.15) is 0 Å². The molecule has 0 aliphatic carbocycles. The van der Waals surface area contributed by atoms with E-state index in [2.05, 4.69) is 0 Å². The van der Waals surface area contributed by atoms with Gasteiger partial charge in [-0.1, -0.05) is 12.1 Å². The van der Waals surface area contributed by atoms with Gasteiger partial charge in [-0.15, -0.1) is 0 Å². The molecule has 2 N–H and O–H groups in total. The van der Waals surface area contributed by atoms with Crippen LogP contribution in [0.25, 0.3) is 0 Å². The number of nitrogens with one attached hydrogen (secondary N) is 1. The highest BCUT2D eigenvalue weighted by Gasteiger charge is 2.18. The number of non-ortho nitro benzene ring substituents is 1. The first kappa shape index (κ1) is 14.0. The van der Waals surface area contributed by atoms with E-state index in [-0.39, 0.29) is 5.69 Å². The molecule has 0 bridgehead atoms. The number of nitro groups is 1. The molecular weight excluding hydrogens is 244 g/mol. The average Bonchev–Trinajstić information content (AvgIpc) is 2.40. The Balaban J connectivity index is 1.88. The average molecular weight is 265 g/mol. The minimum atomic E-state index is -0.421. The lowest BCUT2D eigenvalue weighted by atomic mass is 10.1. The summed E-state index contributed by atoms with van der Waals surface area (Å²) in [5.41, 5.74) is 0.924. The lowest BCUT2D eigenvalue weighted by Crippen LogP contribution is -3.13. The molecule has 1 atom stereocenters. The van der Waals surface area contributed by atoms with Gasteiger partial charge in [0.25, 0.3) is 5.69 Å². The first-order chi connectivity index (χ1) is 9.15. The summed E-state index contributed by atoms with van der Waals surface area (Å²) in [5.74, 6) is 0. The molecule has 1 heterocycles. The first-order valence-corrected chi connectivity index (χ1v) is 6.90. The smallest absolute Gasteiger partial charge is 0.269 e. The van der Waals surface area contributed by atoms with Gasteiger partial charge in [0.05, 0.1) is 18.0 Å². The molecule has 0 aromatic heterocycles. The van der Waals surface area contributed by atoms with Gasteiger partial charge in [0.1, 0.15) is 12.6 Å². The van der Waals surface area contributed by atoms with Crippen molar-refractivity contribution in [1.29, 1.82) is 0 Å². The van der Waals surface area contributed by atoms with Crippen molar-refractivity contribution < 1.29 is 14.9 Å². The number of hydrogen-bond acceptors (Lipinski definition) is 3. The maximum absolute atomic E-state index is 10.7. The standard InChI is InChI=1S/C14H20N2O3/c17-14(11-15-7-2-1-3-8-15)10-12-5-4-6-13(9-12)16(18)19/h4-6,9,14,17H,1-3,7-8,10-11H2/p+1/t14-/m1/s1. The number of aliphatic hydroxyl groups excluding tert-OH is 1. The fourth-order valence-electron chi connectivity index (χ4n) is 2.73. The quantitative estimate of drug-likeness (QED) is 0.604. The van der Waals surface area contributed by atoms with Crippen molar-refractivity contribution in [3.63, 3.8) is 0 Å². The van der Waals surface area contributed by atoms with Crippen LogP contribution in [-0.4, -0.2) is 35.8 Å². The summed E-state index contributed by atoms with van der Waals surface area (Å²) in [6, 6.07) is 6.54. The van der Waals surface area contributed by atoms with Gasteiger partial charge in [-0.05, 0) is 24.8 Å². The van der Waals surface area contributed by atoms with Gasteiger partial charge in [-0.3, -0.25) is 10.1 Å². The second-order valence-corrected chi connectivity index (χ2v) is 5.30. The van der Waals surface area contributed by atoms with Crippen LogP contribution in [-0.2, 0) is 6.42 Å². The van der Waals surface area contributed by atoms with E-state index < -0.39 is 11.0 Å². The van der Waals surface area contributed by atoms with Crippen LogP contribution < -0.4 is 4.90 Å². The molecule has 0 spiro atoms. The molecule has 19 heavy (non-hydrogen) atoms. The zero-order valence-corrected chi connectivity index (χ0v) is 11.0. The maximum Gasteiger partial charge on any atom is 0.269 e. The SMILES string of the molecule is O=[N+]([O-])c1cccc(C[C@@H](O)C[NH+]2CCCCC2)c1. The Morgan fingerprint density at radius 3 is 2.74 bits per heavy atom. The van der Waals surface area contributed by atoms with Crippen LogP contribution in [0.3, 0.4) is 0 Å². The number of quaternary nitrogens is 1. The van der Waals surface area contributed by atoms with Crippen LogP contribution in [0.2, 0.25) is 0 Å². The van der Waals surface area contributed by atoms with Crippen molar-refractivity contribution in [2.24, 2.45) is 0 Å². The maximum atomic E-state index is 10.7. The van der Waals surface area contributed by atoms with Crippen LogP contribution in [0, 0.1) is 10.1 Å². The van der Waals surface area contributed by atoms with E-state index in [0.717, 1.165) is 25.2 Å². The summed E-state index contributed by atoms with van der Waals surface area (Å²) in [6.45, 7) is 3.00. The number of piperidine rings is 1. The van der Waals surface area contributed by atoms with Crippen molar-refractivity contribution in [1.82, 2.24) is 0 Å². The van der Waals surface area contributed by atoms with Gasteiger partial charge in [0, 0.05) is 18.6 Å². The van der Waals surface area contributed by atoms with Crippen LogP contribution in [0.5, 0.6) is 0 Å². The molecule has 0 unspecified atom stereocenters. The van der Waals surface area contributed by atoms with Gasteiger partial charge < -0.3 is 10.0 Å². The Bertz CT molecular complexity index is 430. The molecular formula is C14H21N2O3+. The molecule has 1 aromatic rings. The Morgan fingerprint density at radius 2 is 2.05 bits per heavy atom. The third kappa shape index (κ3) is 4.29. The summed E-state index contributed by atoms with van der Waals surface area (Å²) in [7, 11) is 0. The molecule has 0 saturated carbocycles. The van der Waals surface area contributed by atoms with Crippen LogP contribution >= 0.6 is 0 Å². The van der Waals surface area contributed by atoms with Gasteiger partial charge >= 0.3 is 0 Å². The van der Waals surface area contributed by atoms with E-state index >= 15 is 0 Å². The fourth-order valence-corrected chi connectivity index (χ4v) is 2.73. The first-order valence-electron chi connectivity index (χ1n) is 6.90. The second-order valence-electron chi connectivity index (χ2n) is 5.30. The molecule has 104 valence electrons. The largest absolute Gasteiger partial charge is 0.387 e. The number of benzene rings is 1. The van der Waals surface area contributed by atoms with E-state index in [1.165, 1.54) is 30.2 Å². The zero-order valence-electron chi connectivity index (χ0n) is 11.0. The molecule has 1 aliphatic heterocycles. The van der Waals surface area contributed by atoms with Crippen molar-refractivity contribution in [2.75, 3.05) is 19.6 Å². The van der Waals surface area contributed by atoms with Gasteiger partial charge in [0.2, 0.25) is 0 Å². The third-order valence-corrected chi connectivity index (χ3v) is 3.68. The monoisotopic (exact) mass is 265 g/mol. The molecule has 0 amide bonds. The molecule has 2 rings (SSSR count). The number of rotatable bonds is 5. The molecule has 5 heteroatoms. The van der Waals surface area contributed by atoms with Gasteiger partial charge in [0.15, 0.2) is 0 Å². The molecule has 1 aliphatic rings. The van der Waals surface area contributed by atoms with Crippen LogP contribution in [0.15, 0.2) is 24.3 Å². The number of nitro benzene ring substituents is 1. The van der Waals surface area contributed by atoms with Crippen LogP contribution in [0.4, 0.5) is 5.69 Å². The predicted molar refractivity (Wildman–Crippen MR) is 72.2 cm³/mol. The predicted octanol–water partition coefficient (Wildman–Crippen LogP) is 0.567. The summed E-state index contributed by atoms with van der Waals surface area (Å²) in [6.07, 6.45) is 3.84. The molecule has 1 fully saturated rings. The number of likely N-dealkylation sites (tertiary alicyclic amines) is 1. The third-order valence-electron chi connectivity index (χ3n) is 3.68. The Hall–Kier alpha value is -1.46. The van der Waals surface area contributed by atoms with E-state index in [9.17, 15) is 15.2 Å². The van der Waals surface area contributed by atoms with E-state index in [4.69, 9.17) is 0 Å². The lowest BCUT2D eigenvalue weighted by Gasteiger charge is -2.25. The fraction of sp³-hybridized carbons (Fsp3) is 0.571. The number of aliphatic hydroxyl groups is 1. The molecule has 0 radical (unpaired) electrons. The highest BCUT2D eigenvalue weighted by Crippen LogP contribution is 2.14. The van der Waals surface area contributed by atoms with E-state index in [1.54, 1.807) is 12.1 Å². The summed E-state index contributed by atoms with van der Waals surface area (Å²) in [5, 5.41) is 20.8. The van der Waals surface area contributed by atoms with Crippen molar-refractivity contribution in [2.45, 2.75) is 31.8 Å². The Labute approximate surface area is 113 Å². The minimum Gasteiger partial charge on any atom is -0.387 e. The topological polar surface area (TPSA) is 67.8 Å². The van der Waals surface area contributed by atoms with Crippen molar-refractivity contribution in [3.8, 4) is 0 Å².